The Kier molecular flexibility index (Phi) is 6.48. The van der Waals surface area contributed by atoms with Gasteiger partial charge in [0.1, 0.15) is 34.6 Å². The van der Waals surface area contributed by atoms with Crippen LogP contribution in [-0.4, -0.2) is 40.7 Å². The molecule has 1 saturated heterocycles. The van der Waals surface area contributed by atoms with E-state index in [4.69, 9.17) is 32.9 Å². The van der Waals surface area contributed by atoms with Crippen LogP contribution in [-0.2, 0) is 20.6 Å². The van der Waals surface area contributed by atoms with Crippen molar-refractivity contribution >= 4 is 41.0 Å². The Hall–Kier alpha value is -3.29. The number of amidine groups is 1. The fourth-order valence-corrected chi connectivity index (χ4v) is 7.49. The van der Waals surface area contributed by atoms with E-state index in [1.807, 2.05) is 62.4 Å². The fourth-order valence-electron chi connectivity index (χ4n) is 7.24. The topological polar surface area (TPSA) is 74.2 Å². The number of hydrogen-bond acceptors (Lipinski definition) is 4. The molecule has 2 unspecified atom stereocenters. The van der Waals surface area contributed by atoms with Crippen molar-refractivity contribution in [3.05, 3.63) is 92.9 Å². The SMILES string of the molecule is CCOC1=CC(C)(C(C)(C)C)C2=C3N(CC(=O)N2)C(=O)N2C(=N[C@](C)(c4ccc(Cl)cc4)[C@]2(C)c2ccc(Cl)cc2)C13C. The molecule has 2 aromatic carbocycles. The van der Waals surface area contributed by atoms with Crippen molar-refractivity contribution in [1.29, 1.82) is 0 Å². The van der Waals surface area contributed by atoms with E-state index in [1.165, 1.54) is 0 Å². The Morgan fingerprint density at radius 1 is 0.930 bits per heavy atom. The summed E-state index contributed by atoms with van der Waals surface area (Å²) in [5, 5.41) is 4.40. The summed E-state index contributed by atoms with van der Waals surface area (Å²) in [5.41, 5.74) is -0.709. The van der Waals surface area contributed by atoms with Crippen LogP contribution in [0.2, 0.25) is 10.0 Å². The van der Waals surface area contributed by atoms with Crippen molar-refractivity contribution in [1.82, 2.24) is 15.1 Å². The highest BCUT2D eigenvalue weighted by Crippen LogP contribution is 2.63. The normalized spacial score (nSPS) is 31.8. The molecule has 43 heavy (non-hydrogen) atoms. The van der Waals surface area contributed by atoms with Crippen LogP contribution in [0, 0.1) is 16.2 Å². The molecule has 6 rings (SSSR count). The van der Waals surface area contributed by atoms with Crippen molar-refractivity contribution in [3.63, 3.8) is 0 Å². The van der Waals surface area contributed by atoms with Gasteiger partial charge in [0, 0.05) is 21.2 Å². The van der Waals surface area contributed by atoms with Crippen molar-refractivity contribution < 1.29 is 14.3 Å². The predicted octanol–water partition coefficient (Wildman–Crippen LogP) is 7.61. The van der Waals surface area contributed by atoms with E-state index in [2.05, 4.69) is 52.9 Å². The van der Waals surface area contributed by atoms with Gasteiger partial charge >= 0.3 is 6.03 Å². The van der Waals surface area contributed by atoms with Gasteiger partial charge in [0.15, 0.2) is 0 Å². The van der Waals surface area contributed by atoms with Crippen LogP contribution in [0.15, 0.2) is 76.8 Å². The van der Waals surface area contributed by atoms with Gasteiger partial charge in [-0.1, -0.05) is 68.2 Å². The van der Waals surface area contributed by atoms with Crippen molar-refractivity contribution in [3.8, 4) is 0 Å². The van der Waals surface area contributed by atoms with Crippen LogP contribution in [0.1, 0.15) is 66.5 Å². The lowest BCUT2D eigenvalue weighted by Gasteiger charge is -2.58. The molecule has 3 aliphatic heterocycles. The third kappa shape index (κ3) is 3.77. The summed E-state index contributed by atoms with van der Waals surface area (Å²) in [6.07, 6.45) is 2.13. The standard InChI is InChI=1S/C34H38Cl2N4O3/c1-9-43-24-18-31(5,30(2,3)4)26-27-32(24,6)28-38-33(7,20-10-14-22(35)15-11-20)34(8,21-12-16-23(36)17-13-21)40(28)29(42)39(27)19-25(41)37-26/h10-18H,9,19H2,1-8H3,(H,37,41)/t31?,32?,33-,34+/m1/s1. The fraction of sp³-hybridized carbons (Fsp3) is 0.441. The number of allylic oxidation sites excluding steroid dienone is 1. The number of nitrogens with one attached hydrogen (secondary N) is 1. The summed E-state index contributed by atoms with van der Waals surface area (Å²) in [6.45, 7) is 16.9. The Balaban J connectivity index is 1.71. The maximum atomic E-state index is 15.0. The molecule has 0 saturated carbocycles. The highest BCUT2D eigenvalue weighted by Gasteiger charge is 2.69. The summed E-state index contributed by atoms with van der Waals surface area (Å²) >= 11 is 12.7. The van der Waals surface area contributed by atoms with Gasteiger partial charge in [-0.3, -0.25) is 19.6 Å². The Morgan fingerprint density at radius 2 is 1.49 bits per heavy atom. The third-order valence-electron chi connectivity index (χ3n) is 10.5. The number of nitrogens with zero attached hydrogens (tertiary/aromatic N) is 3. The molecular formula is C34H38Cl2N4O3. The van der Waals surface area contributed by atoms with Gasteiger partial charge in [-0.15, -0.1) is 0 Å². The Bertz CT molecular complexity index is 1640. The van der Waals surface area contributed by atoms with Gasteiger partial charge in [0.2, 0.25) is 5.91 Å². The average Bonchev–Trinajstić information content (AvgIpc) is 3.19. The largest absolute Gasteiger partial charge is 0.497 e. The second-order valence-electron chi connectivity index (χ2n) is 13.6. The molecule has 0 bridgehead atoms. The summed E-state index contributed by atoms with van der Waals surface area (Å²) in [6, 6.07) is 14.9. The molecule has 1 fully saturated rings. The molecule has 4 aliphatic rings. The van der Waals surface area contributed by atoms with Gasteiger partial charge in [-0.2, -0.15) is 0 Å². The van der Waals surface area contributed by atoms with Crippen LogP contribution >= 0.6 is 23.2 Å². The van der Waals surface area contributed by atoms with Crippen LogP contribution in [0.4, 0.5) is 4.79 Å². The molecule has 1 aliphatic carbocycles. The average molecular weight is 622 g/mol. The van der Waals surface area contributed by atoms with Gasteiger partial charge in [-0.05, 0) is 81.5 Å². The smallest absolute Gasteiger partial charge is 0.331 e. The first kappa shape index (κ1) is 29.8. The zero-order chi connectivity index (χ0) is 31.3. The van der Waals surface area contributed by atoms with Gasteiger partial charge in [0.25, 0.3) is 0 Å². The molecule has 4 atom stereocenters. The van der Waals surface area contributed by atoms with E-state index < -0.39 is 21.9 Å². The first-order chi connectivity index (χ1) is 20.0. The molecular weight excluding hydrogens is 583 g/mol. The minimum Gasteiger partial charge on any atom is -0.497 e. The monoisotopic (exact) mass is 620 g/mol. The molecule has 9 heteroatoms. The molecule has 0 spiro atoms. The zero-order valence-corrected chi connectivity index (χ0v) is 27.4. The van der Waals surface area contributed by atoms with E-state index in [1.54, 1.807) is 9.80 Å². The number of halogens is 2. The molecule has 7 nitrogen and oxygen atoms in total. The number of benzene rings is 2. The highest BCUT2D eigenvalue weighted by atomic mass is 35.5. The number of carbonyl (C=O) groups excluding carboxylic acids is 2. The van der Waals surface area contributed by atoms with Gasteiger partial charge in [-0.25, -0.2) is 4.79 Å². The van der Waals surface area contributed by atoms with E-state index in [-0.39, 0.29) is 23.9 Å². The van der Waals surface area contributed by atoms with Crippen molar-refractivity contribution in [2.45, 2.75) is 66.5 Å². The van der Waals surface area contributed by atoms with Crippen LogP contribution < -0.4 is 5.32 Å². The maximum absolute atomic E-state index is 15.0. The lowest BCUT2D eigenvalue weighted by molar-refractivity contribution is -0.122. The van der Waals surface area contributed by atoms with E-state index in [0.29, 0.717) is 39.6 Å². The molecule has 2 aromatic rings. The number of amides is 3. The number of urea groups is 1. The lowest BCUT2D eigenvalue weighted by atomic mass is 9.58. The second-order valence-corrected chi connectivity index (χ2v) is 14.5. The summed E-state index contributed by atoms with van der Waals surface area (Å²) in [7, 11) is 0. The number of fused-ring (bicyclic) bond motifs is 2. The van der Waals surface area contributed by atoms with Crippen LogP contribution in [0.3, 0.4) is 0 Å². The van der Waals surface area contributed by atoms with Crippen LogP contribution in [0.5, 0.6) is 0 Å². The molecule has 3 amide bonds. The predicted molar refractivity (Wildman–Crippen MR) is 170 cm³/mol. The molecule has 226 valence electrons. The van der Waals surface area contributed by atoms with Crippen LogP contribution in [0.25, 0.3) is 0 Å². The van der Waals surface area contributed by atoms with E-state index >= 15 is 0 Å². The van der Waals surface area contributed by atoms with Crippen molar-refractivity contribution in [2.75, 3.05) is 13.2 Å². The third-order valence-corrected chi connectivity index (χ3v) is 11.0. The summed E-state index contributed by atoms with van der Waals surface area (Å²) < 4.78 is 6.49. The number of carbonyl (C=O) groups is 2. The van der Waals surface area contributed by atoms with E-state index in [9.17, 15) is 9.59 Å². The minimum atomic E-state index is -1.01. The molecule has 1 N–H and O–H groups in total. The van der Waals surface area contributed by atoms with Gasteiger partial charge < -0.3 is 10.1 Å². The molecule has 0 aromatic heterocycles. The van der Waals surface area contributed by atoms with Crippen molar-refractivity contribution in [2.24, 2.45) is 21.2 Å². The summed E-state index contributed by atoms with van der Waals surface area (Å²) in [5.74, 6) is 1.05. The molecule has 0 radical (unpaired) electrons. The lowest BCUT2D eigenvalue weighted by Crippen LogP contribution is -2.69. The second kappa shape index (κ2) is 9.35. The minimum absolute atomic E-state index is 0.106. The Labute approximate surface area is 263 Å². The first-order valence-corrected chi connectivity index (χ1v) is 15.4. The zero-order valence-electron chi connectivity index (χ0n) is 25.9. The number of ether oxygens (including phenoxy) is 1. The van der Waals surface area contributed by atoms with Gasteiger partial charge in [0.05, 0.1) is 12.3 Å². The Morgan fingerprint density at radius 3 is 2.02 bits per heavy atom. The number of rotatable bonds is 4. The van der Waals surface area contributed by atoms with E-state index in [0.717, 1.165) is 11.1 Å². The number of hydrogen-bond donors (Lipinski definition) is 1. The number of aliphatic imine (C=N–C) groups is 1. The summed E-state index contributed by atoms with van der Waals surface area (Å²) in [4.78, 5) is 37.3. The first-order valence-electron chi connectivity index (χ1n) is 14.7. The maximum Gasteiger partial charge on any atom is 0.331 e. The quantitative estimate of drug-likeness (QED) is 0.382. The highest BCUT2D eigenvalue weighted by molar-refractivity contribution is 6.30. The molecule has 3 heterocycles.